The molecule has 1 nitrogen and oxygen atoms in total. The van der Waals surface area contributed by atoms with Crippen LogP contribution in [0.3, 0.4) is 0 Å². The Hall–Kier alpha value is 0.134. The van der Waals surface area contributed by atoms with Crippen molar-refractivity contribution in [3.8, 4) is 0 Å². The molecule has 0 amide bonds. The Balaban J connectivity index is -0.000000500. The van der Waals surface area contributed by atoms with Crippen LogP contribution in [0.2, 0.25) is 32.2 Å². The van der Waals surface area contributed by atoms with Gasteiger partial charge in [-0.1, -0.05) is 27.5 Å². The highest BCUT2D eigenvalue weighted by Crippen LogP contribution is 2.17. The Morgan fingerprint density at radius 3 is 1.77 bits per heavy atom. The van der Waals surface area contributed by atoms with Gasteiger partial charge in [0.25, 0.3) is 0 Å². The molecule has 0 heterocycles. The average Bonchev–Trinajstić information content (AvgIpc) is 1.86. The summed E-state index contributed by atoms with van der Waals surface area (Å²) in [6.07, 6.45) is 0. The maximum atomic E-state index is 6.08. The van der Waals surface area contributed by atoms with E-state index in [1.165, 1.54) is 6.04 Å². The van der Waals surface area contributed by atoms with E-state index in [0.717, 1.165) is 0 Å². The predicted octanol–water partition coefficient (Wildman–Crippen LogP) is 4.43. The molecule has 0 aromatic rings. The second kappa shape index (κ2) is 6.57. The lowest BCUT2D eigenvalue weighted by Crippen LogP contribution is -2.42. The van der Waals surface area contributed by atoms with E-state index in [1.807, 2.05) is 5.70 Å². The standard InChI is InChI=1S/C8H20OSi2.2CH4/c1-7-10(3,4)9-11(5,6)8-2;;/h7H,1,8H2,2-6H3;2*1H4. The molecule has 0 bridgehead atoms. The first-order valence-corrected chi connectivity index (χ1v) is 10.3. The Kier molecular flexibility index (Phi) is 9.51. The lowest BCUT2D eigenvalue weighted by molar-refractivity contribution is 0.556. The molecule has 0 saturated carbocycles. The van der Waals surface area contributed by atoms with Crippen molar-refractivity contribution in [1.29, 1.82) is 0 Å². The molecule has 3 heteroatoms. The first-order valence-electron chi connectivity index (χ1n) is 4.17. The first kappa shape index (κ1) is 18.8. The number of hydrogen-bond acceptors (Lipinski definition) is 1. The van der Waals surface area contributed by atoms with Crippen molar-refractivity contribution in [2.24, 2.45) is 0 Å². The topological polar surface area (TPSA) is 9.23 Å². The van der Waals surface area contributed by atoms with Crippen molar-refractivity contribution in [2.45, 2.75) is 54.0 Å². The van der Waals surface area contributed by atoms with Gasteiger partial charge in [0.05, 0.1) is 0 Å². The summed E-state index contributed by atoms with van der Waals surface area (Å²) in [5.41, 5.74) is 2.01. The molecule has 0 spiro atoms. The van der Waals surface area contributed by atoms with Crippen LogP contribution in [0.5, 0.6) is 0 Å². The SMILES string of the molecule is C.C.C=C[Si](C)(C)O[Si](C)(C)CC. The minimum Gasteiger partial charge on any atom is -0.453 e. The molecule has 0 saturated heterocycles. The van der Waals surface area contributed by atoms with Gasteiger partial charge >= 0.3 is 0 Å². The normalized spacial score (nSPS) is 11.2. The van der Waals surface area contributed by atoms with Crippen LogP contribution in [0.25, 0.3) is 0 Å². The minimum atomic E-state index is -1.51. The van der Waals surface area contributed by atoms with E-state index in [4.69, 9.17) is 4.12 Å². The van der Waals surface area contributed by atoms with Crippen LogP contribution in [0.4, 0.5) is 0 Å². The predicted molar refractivity (Wildman–Crippen MR) is 70.2 cm³/mol. The summed E-state index contributed by atoms with van der Waals surface area (Å²) < 4.78 is 6.08. The van der Waals surface area contributed by atoms with E-state index in [-0.39, 0.29) is 14.9 Å². The molecule has 0 aliphatic carbocycles. The molecule has 0 aliphatic rings. The monoisotopic (exact) mass is 220 g/mol. The third kappa shape index (κ3) is 8.46. The summed E-state index contributed by atoms with van der Waals surface area (Å²) in [6.45, 7) is 15.0. The van der Waals surface area contributed by atoms with E-state index < -0.39 is 16.6 Å². The maximum Gasteiger partial charge on any atom is 0.197 e. The van der Waals surface area contributed by atoms with Gasteiger partial charge in [0, 0.05) is 0 Å². The molecule has 0 aromatic heterocycles. The third-order valence-electron chi connectivity index (χ3n) is 1.88. The largest absolute Gasteiger partial charge is 0.453 e. The van der Waals surface area contributed by atoms with E-state index in [1.54, 1.807) is 0 Å². The highest BCUT2D eigenvalue weighted by Gasteiger charge is 2.28. The molecule has 0 N–H and O–H groups in total. The molecule has 0 aliphatic heterocycles. The lowest BCUT2D eigenvalue weighted by Gasteiger charge is -2.30. The fourth-order valence-corrected chi connectivity index (χ4v) is 7.43. The number of hydrogen-bond donors (Lipinski definition) is 0. The number of rotatable bonds is 4. The Morgan fingerprint density at radius 1 is 1.15 bits per heavy atom. The smallest absolute Gasteiger partial charge is 0.197 e. The molecule has 0 atom stereocenters. The van der Waals surface area contributed by atoms with Crippen LogP contribution in [-0.2, 0) is 4.12 Å². The second-order valence-corrected chi connectivity index (χ2v) is 12.7. The van der Waals surface area contributed by atoms with E-state index in [0.29, 0.717) is 0 Å². The maximum absolute atomic E-state index is 6.08. The lowest BCUT2D eigenvalue weighted by atomic mass is 11.0. The molecular formula is C10H28OSi2. The van der Waals surface area contributed by atoms with Crippen molar-refractivity contribution < 1.29 is 4.12 Å². The van der Waals surface area contributed by atoms with Gasteiger partial charge in [-0.2, -0.15) is 0 Å². The van der Waals surface area contributed by atoms with E-state index in [9.17, 15) is 0 Å². The van der Waals surface area contributed by atoms with Crippen LogP contribution in [-0.4, -0.2) is 16.6 Å². The van der Waals surface area contributed by atoms with E-state index >= 15 is 0 Å². The zero-order valence-corrected chi connectivity index (χ0v) is 10.4. The molecule has 0 fully saturated rings. The molecule has 0 rings (SSSR count). The van der Waals surface area contributed by atoms with Gasteiger partial charge < -0.3 is 4.12 Å². The van der Waals surface area contributed by atoms with Crippen LogP contribution in [0.15, 0.2) is 12.3 Å². The van der Waals surface area contributed by atoms with Gasteiger partial charge in [-0.05, 0) is 32.2 Å². The summed E-state index contributed by atoms with van der Waals surface area (Å²) >= 11 is 0. The zero-order chi connectivity index (χ0) is 9.12. The summed E-state index contributed by atoms with van der Waals surface area (Å²) in [6, 6.07) is 1.19. The van der Waals surface area contributed by atoms with Crippen molar-refractivity contribution in [3.63, 3.8) is 0 Å². The molecular weight excluding hydrogens is 192 g/mol. The molecule has 13 heavy (non-hydrogen) atoms. The quantitative estimate of drug-likeness (QED) is 0.637. The van der Waals surface area contributed by atoms with Crippen molar-refractivity contribution in [3.05, 3.63) is 12.3 Å². The van der Waals surface area contributed by atoms with Crippen LogP contribution >= 0.6 is 0 Å². The van der Waals surface area contributed by atoms with Gasteiger partial charge in [0.15, 0.2) is 16.6 Å². The van der Waals surface area contributed by atoms with Crippen LogP contribution < -0.4 is 0 Å². The molecule has 0 unspecified atom stereocenters. The fourth-order valence-electron chi connectivity index (χ4n) is 0.826. The zero-order valence-electron chi connectivity index (χ0n) is 8.40. The van der Waals surface area contributed by atoms with Crippen molar-refractivity contribution in [2.75, 3.05) is 0 Å². The van der Waals surface area contributed by atoms with E-state index in [2.05, 4.69) is 39.7 Å². The Morgan fingerprint density at radius 2 is 1.54 bits per heavy atom. The Labute approximate surface area is 87.5 Å². The van der Waals surface area contributed by atoms with Crippen molar-refractivity contribution >= 4 is 16.6 Å². The van der Waals surface area contributed by atoms with Crippen LogP contribution in [0.1, 0.15) is 21.8 Å². The summed E-state index contributed by atoms with van der Waals surface area (Å²) in [4.78, 5) is 0. The fraction of sp³-hybridized carbons (Fsp3) is 0.800. The second-order valence-electron chi connectivity index (χ2n) is 4.02. The molecule has 82 valence electrons. The highest BCUT2D eigenvalue weighted by atomic mass is 28.4. The minimum absolute atomic E-state index is 0. The van der Waals surface area contributed by atoms with Gasteiger partial charge in [-0.3, -0.25) is 0 Å². The van der Waals surface area contributed by atoms with Crippen LogP contribution in [0, 0.1) is 0 Å². The van der Waals surface area contributed by atoms with Gasteiger partial charge in [0.2, 0.25) is 0 Å². The van der Waals surface area contributed by atoms with Crippen molar-refractivity contribution in [1.82, 2.24) is 0 Å². The first-order chi connectivity index (χ1) is 4.83. The summed E-state index contributed by atoms with van der Waals surface area (Å²) in [5, 5.41) is 0. The third-order valence-corrected chi connectivity index (χ3v) is 8.88. The Bertz CT molecular complexity index is 142. The van der Waals surface area contributed by atoms with Gasteiger partial charge in [0.1, 0.15) is 0 Å². The average molecular weight is 221 g/mol. The molecule has 0 radical (unpaired) electrons. The highest BCUT2D eigenvalue weighted by molar-refractivity contribution is 6.87. The van der Waals surface area contributed by atoms with Gasteiger partial charge in [-0.15, -0.1) is 6.58 Å². The summed E-state index contributed by atoms with van der Waals surface area (Å²) in [7, 11) is -2.85. The molecule has 0 aromatic carbocycles. The van der Waals surface area contributed by atoms with Gasteiger partial charge in [-0.25, -0.2) is 0 Å². The summed E-state index contributed by atoms with van der Waals surface area (Å²) in [5.74, 6) is 0.